The van der Waals surface area contributed by atoms with E-state index in [2.05, 4.69) is 31.0 Å². The number of aromatic nitrogens is 1. The number of sulfonamides is 1. The molecule has 0 saturated heterocycles. The van der Waals surface area contributed by atoms with E-state index in [-0.39, 0.29) is 0 Å². The summed E-state index contributed by atoms with van der Waals surface area (Å²) in [6.45, 7) is 2.92. The third-order valence-electron chi connectivity index (χ3n) is 2.31. The van der Waals surface area contributed by atoms with Gasteiger partial charge in [0.15, 0.2) is 0 Å². The van der Waals surface area contributed by atoms with Crippen LogP contribution in [-0.4, -0.2) is 32.7 Å². The number of nitrogen functional groups attached to an aromatic ring is 1. The average Bonchev–Trinajstić information content (AvgIpc) is 2.27. The number of halogens is 1. The van der Waals surface area contributed by atoms with Crippen molar-refractivity contribution < 1.29 is 8.42 Å². The lowest BCUT2D eigenvalue weighted by atomic mass is 10.2. The van der Waals surface area contributed by atoms with Crippen LogP contribution in [0.15, 0.2) is 10.7 Å². The van der Waals surface area contributed by atoms with Gasteiger partial charge in [-0.25, -0.2) is 18.1 Å². The first-order chi connectivity index (χ1) is 8.31. The summed E-state index contributed by atoms with van der Waals surface area (Å²) in [5.74, 6) is 0.709. The van der Waals surface area contributed by atoms with Gasteiger partial charge in [-0.15, -0.1) is 0 Å². The molecule has 0 aliphatic heterocycles. The highest BCUT2D eigenvalue weighted by Gasteiger charge is 2.06. The Kier molecular flexibility index (Phi) is 5.36. The summed E-state index contributed by atoms with van der Waals surface area (Å²) in [5, 5.41) is 3.12. The number of hydrogen-bond acceptors (Lipinski definition) is 5. The van der Waals surface area contributed by atoms with Crippen LogP contribution in [0.4, 0.5) is 11.5 Å². The van der Waals surface area contributed by atoms with Gasteiger partial charge in [-0.3, -0.25) is 0 Å². The van der Waals surface area contributed by atoms with Crippen molar-refractivity contribution in [2.24, 2.45) is 0 Å². The number of nitrogens with one attached hydrogen (secondary N) is 2. The van der Waals surface area contributed by atoms with Crippen LogP contribution in [0.5, 0.6) is 0 Å². The number of hydrogen-bond donors (Lipinski definition) is 3. The number of pyridine rings is 1. The maximum Gasteiger partial charge on any atom is 0.208 e. The predicted octanol–water partition coefficient (Wildman–Crippen LogP) is 1.09. The van der Waals surface area contributed by atoms with Gasteiger partial charge in [0.2, 0.25) is 10.0 Å². The molecule has 1 aromatic heterocycles. The van der Waals surface area contributed by atoms with Crippen LogP contribution < -0.4 is 15.8 Å². The molecule has 0 aliphatic carbocycles. The Morgan fingerprint density at radius 2 is 2.11 bits per heavy atom. The highest BCUT2D eigenvalue weighted by atomic mass is 79.9. The zero-order valence-corrected chi connectivity index (χ0v) is 12.7. The van der Waals surface area contributed by atoms with Crippen LogP contribution >= 0.6 is 15.9 Å². The van der Waals surface area contributed by atoms with Gasteiger partial charge in [0.1, 0.15) is 5.82 Å². The smallest absolute Gasteiger partial charge is 0.208 e. The van der Waals surface area contributed by atoms with Gasteiger partial charge < -0.3 is 11.1 Å². The summed E-state index contributed by atoms with van der Waals surface area (Å²) < 4.78 is 24.9. The summed E-state index contributed by atoms with van der Waals surface area (Å²) in [5.41, 5.74) is 7.28. The normalized spacial score (nSPS) is 11.5. The maximum atomic E-state index is 10.8. The third-order valence-corrected chi connectivity index (χ3v) is 4.01. The molecule has 0 aromatic carbocycles. The summed E-state index contributed by atoms with van der Waals surface area (Å²) in [7, 11) is -3.11. The standard InChI is InChI=1S/C10H17BrN4O2S/c1-7-8(12)6-14-10(9(7)11)13-4-3-5-15-18(2,16)17/h6,15H,3-5,12H2,1-2H3,(H,13,14). The Hall–Kier alpha value is -0.860. The van der Waals surface area contributed by atoms with Crippen LogP contribution in [0, 0.1) is 6.92 Å². The van der Waals surface area contributed by atoms with Crippen molar-refractivity contribution in [1.29, 1.82) is 0 Å². The number of nitrogens with zero attached hydrogens (tertiary/aromatic N) is 1. The Bertz CT molecular complexity index is 519. The van der Waals surface area contributed by atoms with Gasteiger partial charge in [-0.1, -0.05) is 0 Å². The first-order valence-electron chi connectivity index (χ1n) is 5.40. The van der Waals surface area contributed by atoms with E-state index in [1.807, 2.05) is 6.92 Å². The summed E-state index contributed by atoms with van der Waals surface area (Å²) in [6.07, 6.45) is 3.41. The molecular formula is C10H17BrN4O2S. The highest BCUT2D eigenvalue weighted by molar-refractivity contribution is 9.10. The molecule has 6 nitrogen and oxygen atoms in total. The highest BCUT2D eigenvalue weighted by Crippen LogP contribution is 2.27. The van der Waals surface area contributed by atoms with Gasteiger partial charge in [0.05, 0.1) is 22.6 Å². The van der Waals surface area contributed by atoms with Gasteiger partial charge in [0.25, 0.3) is 0 Å². The van der Waals surface area contributed by atoms with E-state index in [0.29, 0.717) is 31.0 Å². The Labute approximate surface area is 116 Å². The monoisotopic (exact) mass is 336 g/mol. The second kappa shape index (κ2) is 6.35. The molecule has 4 N–H and O–H groups in total. The summed E-state index contributed by atoms with van der Waals surface area (Å²) in [4.78, 5) is 4.16. The molecule has 18 heavy (non-hydrogen) atoms. The van der Waals surface area contributed by atoms with E-state index in [4.69, 9.17) is 5.73 Å². The average molecular weight is 337 g/mol. The molecule has 0 aliphatic rings. The second-order valence-corrected chi connectivity index (χ2v) is 6.57. The molecular weight excluding hydrogens is 320 g/mol. The van der Waals surface area contributed by atoms with Crippen molar-refractivity contribution in [2.45, 2.75) is 13.3 Å². The van der Waals surface area contributed by atoms with Gasteiger partial charge in [-0.05, 0) is 34.8 Å². The molecule has 102 valence electrons. The zero-order chi connectivity index (χ0) is 13.8. The fourth-order valence-corrected chi connectivity index (χ4v) is 2.25. The van der Waals surface area contributed by atoms with Crippen LogP contribution in [0.1, 0.15) is 12.0 Å². The van der Waals surface area contributed by atoms with E-state index in [0.717, 1.165) is 16.3 Å². The molecule has 0 atom stereocenters. The van der Waals surface area contributed by atoms with Crippen molar-refractivity contribution in [3.63, 3.8) is 0 Å². The van der Waals surface area contributed by atoms with Crippen molar-refractivity contribution in [3.05, 3.63) is 16.2 Å². The number of nitrogens with two attached hydrogens (primary N) is 1. The van der Waals surface area contributed by atoms with Gasteiger partial charge >= 0.3 is 0 Å². The molecule has 0 fully saturated rings. The minimum absolute atomic E-state index is 0.400. The van der Waals surface area contributed by atoms with E-state index in [1.54, 1.807) is 6.20 Å². The molecule has 0 spiro atoms. The van der Waals surface area contributed by atoms with Crippen molar-refractivity contribution >= 4 is 37.5 Å². The van der Waals surface area contributed by atoms with E-state index >= 15 is 0 Å². The quantitative estimate of drug-likeness (QED) is 0.675. The molecule has 0 bridgehead atoms. The fourth-order valence-electron chi connectivity index (χ4n) is 1.27. The Morgan fingerprint density at radius 1 is 1.44 bits per heavy atom. The number of anilines is 2. The fraction of sp³-hybridized carbons (Fsp3) is 0.500. The topological polar surface area (TPSA) is 97.1 Å². The van der Waals surface area contributed by atoms with E-state index in [1.165, 1.54) is 0 Å². The first-order valence-corrected chi connectivity index (χ1v) is 8.09. The van der Waals surface area contributed by atoms with Crippen molar-refractivity contribution in [3.8, 4) is 0 Å². The van der Waals surface area contributed by atoms with E-state index < -0.39 is 10.0 Å². The molecule has 0 amide bonds. The molecule has 0 radical (unpaired) electrons. The summed E-state index contributed by atoms with van der Waals surface area (Å²) in [6, 6.07) is 0. The largest absolute Gasteiger partial charge is 0.397 e. The molecule has 1 aromatic rings. The van der Waals surface area contributed by atoms with E-state index in [9.17, 15) is 8.42 Å². The summed E-state index contributed by atoms with van der Waals surface area (Å²) >= 11 is 3.42. The van der Waals surface area contributed by atoms with Crippen molar-refractivity contribution in [1.82, 2.24) is 9.71 Å². The second-order valence-electron chi connectivity index (χ2n) is 3.95. The lowest BCUT2D eigenvalue weighted by Crippen LogP contribution is -2.24. The van der Waals surface area contributed by atoms with Crippen molar-refractivity contribution in [2.75, 3.05) is 30.4 Å². The lowest BCUT2D eigenvalue weighted by molar-refractivity contribution is 0.586. The van der Waals surface area contributed by atoms with Crippen LogP contribution in [0.25, 0.3) is 0 Å². The van der Waals surface area contributed by atoms with Crippen LogP contribution in [0.2, 0.25) is 0 Å². The molecule has 1 rings (SSSR count). The Balaban J connectivity index is 2.43. The molecule has 0 saturated carbocycles. The molecule has 0 unspecified atom stereocenters. The molecule has 8 heteroatoms. The van der Waals surface area contributed by atoms with Gasteiger partial charge in [-0.2, -0.15) is 0 Å². The lowest BCUT2D eigenvalue weighted by Gasteiger charge is -2.10. The minimum atomic E-state index is -3.11. The van der Waals surface area contributed by atoms with Crippen LogP contribution in [0.3, 0.4) is 0 Å². The molecule has 1 heterocycles. The Morgan fingerprint density at radius 3 is 2.72 bits per heavy atom. The predicted molar refractivity (Wildman–Crippen MR) is 77.0 cm³/mol. The first kappa shape index (κ1) is 15.2. The zero-order valence-electron chi connectivity index (χ0n) is 10.3. The third kappa shape index (κ3) is 4.79. The SMILES string of the molecule is Cc1c(N)cnc(NCCCNS(C)(=O)=O)c1Br. The van der Waals surface area contributed by atoms with Crippen LogP contribution in [-0.2, 0) is 10.0 Å². The maximum absolute atomic E-state index is 10.8. The minimum Gasteiger partial charge on any atom is -0.397 e. The van der Waals surface area contributed by atoms with Gasteiger partial charge in [0, 0.05) is 13.1 Å². The number of rotatable bonds is 6.